The Bertz CT molecular complexity index is 712. The zero-order chi connectivity index (χ0) is 15.3. The summed E-state index contributed by atoms with van der Waals surface area (Å²) in [5, 5.41) is 1.50. The van der Waals surface area contributed by atoms with E-state index in [4.69, 9.17) is 23.2 Å². The summed E-state index contributed by atoms with van der Waals surface area (Å²) in [6.45, 7) is 2.75. The second-order valence-corrected chi connectivity index (χ2v) is 6.96. The standard InChI is InChI=1S/C17H17Cl2N3/c1-10-20-8-12-16(21-10)7-11-5-6-17(12)22(11)9-13-14(18)3-2-4-15(13)19/h2-4,8,11,17H,5-7,9H2,1H3/t11-,17-/m0/s1. The third-order valence-electron chi connectivity index (χ3n) is 4.85. The van der Waals surface area contributed by atoms with Crippen molar-refractivity contribution < 1.29 is 0 Å². The van der Waals surface area contributed by atoms with Gasteiger partial charge in [-0.2, -0.15) is 0 Å². The Kier molecular flexibility index (Phi) is 3.60. The molecule has 2 aliphatic heterocycles. The van der Waals surface area contributed by atoms with Crippen LogP contribution in [0.5, 0.6) is 0 Å². The average molecular weight is 334 g/mol. The van der Waals surface area contributed by atoms with E-state index in [1.807, 2.05) is 31.3 Å². The SMILES string of the molecule is Cc1ncc2c(n1)C[C@@H]1CC[C@@H]2N1Cc1c(Cl)cccc1Cl. The van der Waals surface area contributed by atoms with Gasteiger partial charge < -0.3 is 0 Å². The summed E-state index contributed by atoms with van der Waals surface area (Å²) in [5.74, 6) is 0.862. The van der Waals surface area contributed by atoms with Crippen LogP contribution in [-0.2, 0) is 13.0 Å². The minimum Gasteiger partial charge on any atom is -0.289 e. The molecule has 2 atom stereocenters. The van der Waals surface area contributed by atoms with Gasteiger partial charge in [-0.05, 0) is 31.9 Å². The van der Waals surface area contributed by atoms with Gasteiger partial charge in [0.15, 0.2) is 0 Å². The molecule has 114 valence electrons. The first-order valence-electron chi connectivity index (χ1n) is 7.64. The average Bonchev–Trinajstić information content (AvgIpc) is 2.76. The quantitative estimate of drug-likeness (QED) is 0.817. The molecular formula is C17H17Cl2N3. The van der Waals surface area contributed by atoms with Crippen LogP contribution >= 0.6 is 23.2 Å². The van der Waals surface area contributed by atoms with Crippen LogP contribution in [0.15, 0.2) is 24.4 Å². The highest BCUT2D eigenvalue weighted by atomic mass is 35.5. The van der Waals surface area contributed by atoms with Crippen molar-refractivity contribution in [1.29, 1.82) is 0 Å². The largest absolute Gasteiger partial charge is 0.289 e. The van der Waals surface area contributed by atoms with Crippen LogP contribution in [-0.4, -0.2) is 20.9 Å². The number of fused-ring (bicyclic) bond motifs is 4. The van der Waals surface area contributed by atoms with Gasteiger partial charge in [-0.15, -0.1) is 0 Å². The highest BCUT2D eigenvalue weighted by Crippen LogP contribution is 2.44. The third-order valence-corrected chi connectivity index (χ3v) is 5.56. The number of aromatic nitrogens is 2. The van der Waals surface area contributed by atoms with Gasteiger partial charge in [-0.3, -0.25) is 4.90 Å². The van der Waals surface area contributed by atoms with Crippen LogP contribution in [0.4, 0.5) is 0 Å². The van der Waals surface area contributed by atoms with Crippen molar-refractivity contribution >= 4 is 23.2 Å². The van der Waals surface area contributed by atoms with E-state index in [2.05, 4.69) is 14.9 Å². The lowest BCUT2D eigenvalue weighted by Crippen LogP contribution is -2.37. The second kappa shape index (κ2) is 5.48. The molecule has 2 bridgehead atoms. The van der Waals surface area contributed by atoms with Gasteiger partial charge in [-0.1, -0.05) is 29.3 Å². The number of aryl methyl sites for hydroxylation is 1. The van der Waals surface area contributed by atoms with Gasteiger partial charge in [0.1, 0.15) is 5.82 Å². The molecule has 3 nitrogen and oxygen atoms in total. The number of rotatable bonds is 2. The Hall–Kier alpha value is -1.16. The second-order valence-electron chi connectivity index (χ2n) is 6.14. The maximum atomic E-state index is 6.35. The van der Waals surface area contributed by atoms with E-state index in [1.54, 1.807) is 0 Å². The van der Waals surface area contributed by atoms with Crippen molar-refractivity contribution in [1.82, 2.24) is 14.9 Å². The van der Waals surface area contributed by atoms with Gasteiger partial charge >= 0.3 is 0 Å². The number of benzene rings is 1. The molecular weight excluding hydrogens is 317 g/mol. The van der Waals surface area contributed by atoms with E-state index in [1.165, 1.54) is 17.7 Å². The van der Waals surface area contributed by atoms with E-state index >= 15 is 0 Å². The molecule has 1 aromatic heterocycles. The smallest absolute Gasteiger partial charge is 0.125 e. The molecule has 0 unspecified atom stereocenters. The first-order chi connectivity index (χ1) is 10.6. The van der Waals surface area contributed by atoms with E-state index in [9.17, 15) is 0 Å². The van der Waals surface area contributed by atoms with Crippen LogP contribution in [0, 0.1) is 6.92 Å². The van der Waals surface area contributed by atoms with Gasteiger partial charge in [0.25, 0.3) is 0 Å². The molecule has 1 fully saturated rings. The molecule has 4 rings (SSSR count). The Labute approximate surface area is 140 Å². The predicted octanol–water partition coefficient (Wildman–Crippen LogP) is 4.35. The Balaban J connectivity index is 1.69. The molecule has 0 amide bonds. The van der Waals surface area contributed by atoms with Crippen LogP contribution in [0.25, 0.3) is 0 Å². The Morgan fingerprint density at radius 3 is 2.77 bits per heavy atom. The normalized spacial score (nSPS) is 23.6. The first-order valence-corrected chi connectivity index (χ1v) is 8.40. The summed E-state index contributed by atoms with van der Waals surface area (Å²) in [7, 11) is 0. The topological polar surface area (TPSA) is 29.0 Å². The van der Waals surface area contributed by atoms with E-state index < -0.39 is 0 Å². The molecule has 2 aliphatic rings. The maximum Gasteiger partial charge on any atom is 0.125 e. The van der Waals surface area contributed by atoms with Crippen molar-refractivity contribution in [3.8, 4) is 0 Å². The molecule has 3 heterocycles. The zero-order valence-corrected chi connectivity index (χ0v) is 13.9. The molecule has 1 aromatic carbocycles. The minimum atomic E-state index is 0.390. The van der Waals surface area contributed by atoms with E-state index in [-0.39, 0.29) is 0 Å². The number of hydrogen-bond acceptors (Lipinski definition) is 3. The minimum absolute atomic E-state index is 0.390. The molecule has 0 spiro atoms. The molecule has 2 aromatic rings. The van der Waals surface area contributed by atoms with E-state index in [0.29, 0.717) is 12.1 Å². The molecule has 0 aliphatic carbocycles. The third kappa shape index (κ3) is 2.32. The van der Waals surface area contributed by atoms with Gasteiger partial charge in [0, 0.05) is 52.4 Å². The van der Waals surface area contributed by atoms with Crippen molar-refractivity contribution in [2.24, 2.45) is 0 Å². The summed E-state index contributed by atoms with van der Waals surface area (Å²) in [5.41, 5.74) is 3.53. The summed E-state index contributed by atoms with van der Waals surface area (Å²) in [6.07, 6.45) is 5.36. The lowest BCUT2D eigenvalue weighted by atomic mass is 9.98. The number of nitrogens with zero attached hydrogens (tertiary/aromatic N) is 3. The zero-order valence-electron chi connectivity index (χ0n) is 12.4. The summed E-state index contributed by atoms with van der Waals surface area (Å²) in [6, 6.07) is 6.63. The van der Waals surface area contributed by atoms with Crippen LogP contribution < -0.4 is 0 Å². The summed E-state index contributed by atoms with van der Waals surface area (Å²) < 4.78 is 0. The first kappa shape index (κ1) is 14.4. The molecule has 0 radical (unpaired) electrons. The fraction of sp³-hybridized carbons (Fsp3) is 0.412. The monoisotopic (exact) mass is 333 g/mol. The highest BCUT2D eigenvalue weighted by molar-refractivity contribution is 6.35. The predicted molar refractivity (Wildman–Crippen MR) is 88.2 cm³/mol. The number of halogens is 2. The summed E-state index contributed by atoms with van der Waals surface area (Å²) >= 11 is 12.7. The number of hydrogen-bond donors (Lipinski definition) is 0. The molecule has 0 N–H and O–H groups in total. The van der Waals surface area contributed by atoms with Gasteiger partial charge in [0.2, 0.25) is 0 Å². The molecule has 1 saturated heterocycles. The lowest BCUT2D eigenvalue weighted by molar-refractivity contribution is 0.166. The molecule has 22 heavy (non-hydrogen) atoms. The Morgan fingerprint density at radius 1 is 1.23 bits per heavy atom. The van der Waals surface area contributed by atoms with Crippen molar-refractivity contribution in [3.05, 3.63) is 57.1 Å². The maximum absolute atomic E-state index is 6.35. The van der Waals surface area contributed by atoms with Crippen molar-refractivity contribution in [2.45, 2.75) is 44.8 Å². The Morgan fingerprint density at radius 2 is 2.00 bits per heavy atom. The van der Waals surface area contributed by atoms with Gasteiger partial charge in [0.05, 0.1) is 5.69 Å². The van der Waals surface area contributed by atoms with Crippen molar-refractivity contribution in [3.63, 3.8) is 0 Å². The fourth-order valence-electron chi connectivity index (χ4n) is 3.79. The fourth-order valence-corrected chi connectivity index (χ4v) is 4.30. The van der Waals surface area contributed by atoms with Crippen LogP contribution in [0.2, 0.25) is 10.0 Å². The molecule has 0 saturated carbocycles. The van der Waals surface area contributed by atoms with Crippen molar-refractivity contribution in [2.75, 3.05) is 0 Å². The van der Waals surface area contributed by atoms with E-state index in [0.717, 1.165) is 40.8 Å². The highest BCUT2D eigenvalue weighted by Gasteiger charge is 2.41. The van der Waals surface area contributed by atoms with Gasteiger partial charge in [-0.25, -0.2) is 9.97 Å². The van der Waals surface area contributed by atoms with Crippen LogP contribution in [0.1, 0.15) is 41.5 Å². The summed E-state index contributed by atoms with van der Waals surface area (Å²) in [4.78, 5) is 11.6. The molecule has 5 heteroatoms. The van der Waals surface area contributed by atoms with Crippen LogP contribution in [0.3, 0.4) is 0 Å². The lowest BCUT2D eigenvalue weighted by Gasteiger charge is -2.36.